The maximum Gasteiger partial charge on any atom is 0.247 e. The highest BCUT2D eigenvalue weighted by Gasteiger charge is 2.32. The fourth-order valence-electron chi connectivity index (χ4n) is 5.20. The van der Waals surface area contributed by atoms with Gasteiger partial charge in [-0.3, -0.25) is 9.59 Å². The lowest BCUT2D eigenvalue weighted by Crippen LogP contribution is -2.43. The van der Waals surface area contributed by atoms with Crippen molar-refractivity contribution < 1.29 is 26.8 Å². The molecule has 3 aromatic carbocycles. The molecule has 224 valence electrons. The van der Waals surface area contributed by atoms with Crippen LogP contribution in [0.1, 0.15) is 47.8 Å². The smallest absolute Gasteiger partial charge is 0.247 e. The first-order valence-electron chi connectivity index (χ1n) is 14.3. The number of nitrogens with one attached hydrogen (secondary N) is 1. The summed E-state index contributed by atoms with van der Waals surface area (Å²) in [7, 11) is -3.53. The second-order valence-corrected chi connectivity index (χ2v) is 12.5. The third-order valence-electron chi connectivity index (χ3n) is 7.53. The molecule has 0 bridgehead atoms. The number of furan rings is 1. The van der Waals surface area contributed by atoms with Crippen LogP contribution in [0.2, 0.25) is 0 Å². The number of rotatable bonds is 12. The highest BCUT2D eigenvalue weighted by atomic mass is 32.2. The third-order valence-corrected chi connectivity index (χ3v) is 9.45. The van der Waals surface area contributed by atoms with Crippen molar-refractivity contribution in [1.82, 2.24) is 14.5 Å². The number of hydrogen-bond donors (Lipinski definition) is 1. The largest absolute Gasteiger partial charge is 0.467 e. The van der Waals surface area contributed by atoms with Gasteiger partial charge in [-0.1, -0.05) is 54.6 Å². The van der Waals surface area contributed by atoms with Crippen molar-refractivity contribution in [3.8, 4) is 0 Å². The Balaban J connectivity index is 1.37. The molecule has 2 amide bonds. The molecule has 1 atom stereocenters. The maximum atomic E-state index is 13.9. The van der Waals surface area contributed by atoms with E-state index in [1.807, 2.05) is 6.07 Å². The van der Waals surface area contributed by atoms with Crippen molar-refractivity contribution in [2.45, 2.75) is 49.7 Å². The zero-order valence-corrected chi connectivity index (χ0v) is 24.5. The minimum Gasteiger partial charge on any atom is -0.467 e. The molecule has 2 heterocycles. The van der Waals surface area contributed by atoms with E-state index in [9.17, 15) is 22.4 Å². The fourth-order valence-corrected chi connectivity index (χ4v) is 6.72. The van der Waals surface area contributed by atoms with Crippen molar-refractivity contribution in [2.24, 2.45) is 0 Å². The molecule has 0 radical (unpaired) electrons. The summed E-state index contributed by atoms with van der Waals surface area (Å²) < 4.78 is 46.3. The molecule has 0 aliphatic carbocycles. The van der Waals surface area contributed by atoms with Crippen LogP contribution in [0, 0.1) is 5.82 Å². The van der Waals surface area contributed by atoms with Crippen molar-refractivity contribution in [3.05, 3.63) is 126 Å². The number of nitrogens with zero attached hydrogens (tertiary/aromatic N) is 2. The molecule has 43 heavy (non-hydrogen) atoms. The van der Waals surface area contributed by atoms with Crippen LogP contribution in [0.5, 0.6) is 0 Å². The SMILES string of the molecule is O=C(NCc1ccco1)C(c1ccccc1)N(Cc1ccc(F)cc1)C(=O)CCc1ccc(S(=O)(=O)N2CCCC2)cc1. The number of aryl methyl sites for hydroxylation is 1. The van der Waals surface area contributed by atoms with Gasteiger partial charge in [0.1, 0.15) is 17.6 Å². The lowest BCUT2D eigenvalue weighted by Gasteiger charge is -2.31. The van der Waals surface area contributed by atoms with E-state index in [0.717, 1.165) is 18.4 Å². The van der Waals surface area contributed by atoms with E-state index in [1.165, 1.54) is 27.6 Å². The lowest BCUT2D eigenvalue weighted by molar-refractivity contribution is -0.141. The van der Waals surface area contributed by atoms with E-state index in [0.29, 0.717) is 36.4 Å². The predicted octanol–water partition coefficient (Wildman–Crippen LogP) is 5.22. The summed E-state index contributed by atoms with van der Waals surface area (Å²) in [5.74, 6) is -0.478. The van der Waals surface area contributed by atoms with E-state index in [4.69, 9.17) is 4.42 Å². The Morgan fingerprint density at radius 1 is 0.884 bits per heavy atom. The Morgan fingerprint density at radius 2 is 1.56 bits per heavy atom. The maximum absolute atomic E-state index is 13.9. The Labute approximate surface area is 251 Å². The molecule has 0 spiro atoms. The quantitative estimate of drug-likeness (QED) is 0.239. The molecule has 1 saturated heterocycles. The first-order chi connectivity index (χ1) is 20.8. The highest BCUT2D eigenvalue weighted by molar-refractivity contribution is 7.89. The van der Waals surface area contributed by atoms with Crippen LogP contribution in [-0.2, 0) is 39.1 Å². The summed E-state index contributed by atoms with van der Waals surface area (Å²) in [5.41, 5.74) is 2.10. The van der Waals surface area contributed by atoms with Gasteiger partial charge in [0.05, 0.1) is 17.7 Å². The Bertz CT molecular complexity index is 1600. The third kappa shape index (κ3) is 7.57. The summed E-state index contributed by atoms with van der Waals surface area (Å²) in [6, 6.07) is 24.0. The molecular weight excluding hydrogens is 569 g/mol. The number of benzene rings is 3. The van der Waals surface area contributed by atoms with E-state index < -0.39 is 21.9 Å². The van der Waals surface area contributed by atoms with Crippen LogP contribution in [-0.4, -0.2) is 42.5 Å². The van der Waals surface area contributed by atoms with Crippen molar-refractivity contribution in [3.63, 3.8) is 0 Å². The molecule has 1 aromatic heterocycles. The molecule has 1 aliphatic rings. The minimum absolute atomic E-state index is 0.0776. The van der Waals surface area contributed by atoms with Gasteiger partial charge in [0.2, 0.25) is 21.8 Å². The molecule has 1 aliphatic heterocycles. The fraction of sp³-hybridized carbons (Fsp3) is 0.273. The van der Waals surface area contributed by atoms with E-state index in [1.54, 1.807) is 72.8 Å². The molecule has 5 rings (SSSR count). The highest BCUT2D eigenvalue weighted by Crippen LogP contribution is 2.26. The van der Waals surface area contributed by atoms with Crippen LogP contribution in [0.4, 0.5) is 4.39 Å². The standard InChI is InChI=1S/C33H34FN3O5S/c34-28-15-10-26(11-16-28)24-37(32(27-7-2-1-3-8-27)33(39)35-23-29-9-6-22-42-29)31(38)19-14-25-12-17-30(18-13-25)43(40,41)36-20-4-5-21-36/h1-3,6-13,15-18,22,32H,4-5,14,19-21,23-24H2,(H,35,39). The van der Waals surface area contributed by atoms with Crippen molar-refractivity contribution >= 4 is 21.8 Å². The Hall–Kier alpha value is -4.28. The van der Waals surface area contributed by atoms with Crippen LogP contribution in [0.15, 0.2) is 107 Å². The zero-order chi connectivity index (χ0) is 30.2. The zero-order valence-electron chi connectivity index (χ0n) is 23.7. The van der Waals surface area contributed by atoms with Gasteiger partial charge >= 0.3 is 0 Å². The number of hydrogen-bond acceptors (Lipinski definition) is 5. The van der Waals surface area contributed by atoms with Gasteiger partial charge in [-0.25, -0.2) is 12.8 Å². The second-order valence-electron chi connectivity index (χ2n) is 10.5. The first-order valence-corrected chi connectivity index (χ1v) is 15.7. The lowest BCUT2D eigenvalue weighted by atomic mass is 10.0. The van der Waals surface area contributed by atoms with Crippen LogP contribution in [0.3, 0.4) is 0 Å². The molecular formula is C33H34FN3O5S. The molecule has 1 unspecified atom stereocenters. The predicted molar refractivity (Wildman–Crippen MR) is 159 cm³/mol. The number of sulfonamides is 1. The Morgan fingerprint density at radius 3 is 2.21 bits per heavy atom. The molecule has 1 fully saturated rings. The second kappa shape index (κ2) is 13.8. The number of halogens is 1. The van der Waals surface area contributed by atoms with Gasteiger partial charge in [-0.2, -0.15) is 4.31 Å². The average Bonchev–Trinajstić information content (AvgIpc) is 3.76. The summed E-state index contributed by atoms with van der Waals surface area (Å²) in [6.45, 7) is 1.29. The van der Waals surface area contributed by atoms with Crippen molar-refractivity contribution in [2.75, 3.05) is 13.1 Å². The van der Waals surface area contributed by atoms with Gasteiger partial charge < -0.3 is 14.6 Å². The van der Waals surface area contributed by atoms with Gasteiger partial charge in [0.25, 0.3) is 0 Å². The van der Waals surface area contributed by atoms with E-state index >= 15 is 0 Å². The van der Waals surface area contributed by atoms with Gasteiger partial charge in [0.15, 0.2) is 0 Å². The molecule has 10 heteroatoms. The number of amides is 2. The summed E-state index contributed by atoms with van der Waals surface area (Å²) in [6.07, 6.45) is 3.67. The molecule has 0 saturated carbocycles. The Kier molecular flexibility index (Phi) is 9.68. The van der Waals surface area contributed by atoms with Gasteiger partial charge in [0, 0.05) is 26.1 Å². The monoisotopic (exact) mass is 603 g/mol. The average molecular weight is 604 g/mol. The van der Waals surface area contributed by atoms with Crippen LogP contribution in [0.25, 0.3) is 0 Å². The molecule has 1 N–H and O–H groups in total. The first kappa shape index (κ1) is 30.2. The van der Waals surface area contributed by atoms with E-state index in [2.05, 4.69) is 5.32 Å². The van der Waals surface area contributed by atoms with Crippen LogP contribution < -0.4 is 5.32 Å². The molecule has 4 aromatic rings. The minimum atomic E-state index is -3.53. The number of carbonyl (C=O) groups is 2. The van der Waals surface area contributed by atoms with E-state index in [-0.39, 0.29) is 36.2 Å². The van der Waals surface area contributed by atoms with Crippen molar-refractivity contribution in [1.29, 1.82) is 0 Å². The number of carbonyl (C=O) groups excluding carboxylic acids is 2. The summed E-state index contributed by atoms with van der Waals surface area (Å²) in [5, 5.41) is 2.88. The van der Waals surface area contributed by atoms with Crippen LogP contribution >= 0.6 is 0 Å². The molecule has 8 nitrogen and oxygen atoms in total. The topological polar surface area (TPSA) is 99.9 Å². The summed E-state index contributed by atoms with van der Waals surface area (Å²) in [4.78, 5) is 29.3. The van der Waals surface area contributed by atoms with Gasteiger partial charge in [-0.15, -0.1) is 0 Å². The normalized spacial score (nSPS) is 14.3. The van der Waals surface area contributed by atoms with Gasteiger partial charge in [-0.05, 0) is 72.4 Å². The summed E-state index contributed by atoms with van der Waals surface area (Å²) >= 11 is 0.